The second kappa shape index (κ2) is 5.18. The van der Waals surface area contributed by atoms with Gasteiger partial charge in [0.15, 0.2) is 11.0 Å². The third-order valence-corrected chi connectivity index (χ3v) is 2.46. The third-order valence-electron chi connectivity index (χ3n) is 2.02. The fourth-order valence-corrected chi connectivity index (χ4v) is 1.53. The number of hydrogen-bond donors (Lipinski definition) is 3. The number of hydrogen-bond acceptors (Lipinski definition) is 5. The molecule has 0 amide bonds. The van der Waals surface area contributed by atoms with Crippen molar-refractivity contribution in [3.05, 3.63) is 40.5 Å². The largest absolute Gasteiger partial charge is 0.352 e. The minimum Gasteiger partial charge on any atom is -0.352 e. The number of hydrazine groups is 1. The van der Waals surface area contributed by atoms with Crippen LogP contribution in [0.1, 0.15) is 0 Å². The number of nitrogen functional groups attached to an aromatic ring is 1. The summed E-state index contributed by atoms with van der Waals surface area (Å²) in [4.78, 5) is 0. The van der Waals surface area contributed by atoms with E-state index in [1.54, 1.807) is 18.2 Å². The Morgan fingerprint density at radius 1 is 1.06 bits per heavy atom. The van der Waals surface area contributed by atoms with Crippen LogP contribution < -0.4 is 16.6 Å². The standard InChI is InChI=1S/C10H9Cl2N5/c11-6-1-3-7(4-2-6)14-8-5-9(12)16-17-10(8)15-13/h1-5H,13H2,(H,14,16)(H,15,17). The first-order chi connectivity index (χ1) is 8.19. The molecule has 88 valence electrons. The number of nitrogens with zero attached hydrogens (tertiary/aromatic N) is 2. The van der Waals surface area contributed by atoms with Gasteiger partial charge in [0.25, 0.3) is 0 Å². The number of halogens is 2. The number of benzene rings is 1. The lowest BCUT2D eigenvalue weighted by molar-refractivity contribution is 1.02. The molecular formula is C10H9Cl2N5. The summed E-state index contributed by atoms with van der Waals surface area (Å²) < 4.78 is 0. The fraction of sp³-hybridized carbons (Fsp3) is 0. The molecule has 2 aromatic rings. The van der Waals surface area contributed by atoms with Crippen molar-refractivity contribution in [2.45, 2.75) is 0 Å². The molecule has 2 rings (SSSR count). The first kappa shape index (κ1) is 11.9. The number of nitrogens with two attached hydrogens (primary N) is 1. The van der Waals surface area contributed by atoms with Crippen molar-refractivity contribution in [2.24, 2.45) is 5.84 Å². The molecule has 0 aliphatic rings. The highest BCUT2D eigenvalue weighted by atomic mass is 35.5. The van der Waals surface area contributed by atoms with Gasteiger partial charge in [0.05, 0.1) is 5.69 Å². The minimum atomic E-state index is 0.278. The smallest absolute Gasteiger partial charge is 0.186 e. The summed E-state index contributed by atoms with van der Waals surface area (Å²) in [5.74, 6) is 5.73. The Hall–Kier alpha value is -1.56. The number of anilines is 3. The molecule has 0 atom stereocenters. The molecule has 0 saturated carbocycles. The van der Waals surface area contributed by atoms with Crippen LogP contribution in [0.4, 0.5) is 17.2 Å². The lowest BCUT2D eigenvalue weighted by Crippen LogP contribution is -2.11. The number of rotatable bonds is 3. The highest BCUT2D eigenvalue weighted by Gasteiger charge is 2.05. The SMILES string of the molecule is NNc1nnc(Cl)cc1Nc1ccc(Cl)cc1. The molecule has 0 saturated heterocycles. The van der Waals surface area contributed by atoms with Crippen molar-refractivity contribution >= 4 is 40.4 Å². The van der Waals surface area contributed by atoms with E-state index in [-0.39, 0.29) is 5.15 Å². The van der Waals surface area contributed by atoms with E-state index >= 15 is 0 Å². The molecule has 4 N–H and O–H groups in total. The van der Waals surface area contributed by atoms with Crippen molar-refractivity contribution in [1.82, 2.24) is 10.2 Å². The molecule has 7 heteroatoms. The number of aromatic nitrogens is 2. The summed E-state index contributed by atoms with van der Waals surface area (Å²) in [5.41, 5.74) is 3.91. The molecule has 1 aromatic heterocycles. The van der Waals surface area contributed by atoms with Gasteiger partial charge in [-0.2, -0.15) is 0 Å². The quantitative estimate of drug-likeness (QED) is 0.590. The van der Waals surface area contributed by atoms with Gasteiger partial charge in [-0.1, -0.05) is 23.2 Å². The van der Waals surface area contributed by atoms with Gasteiger partial charge in [-0.3, -0.25) is 0 Å². The van der Waals surface area contributed by atoms with Gasteiger partial charge >= 0.3 is 0 Å². The zero-order valence-electron chi connectivity index (χ0n) is 8.61. The maximum atomic E-state index is 5.79. The number of nitrogens with one attached hydrogen (secondary N) is 2. The molecule has 0 unspecified atom stereocenters. The first-order valence-electron chi connectivity index (χ1n) is 4.71. The molecule has 0 spiro atoms. The van der Waals surface area contributed by atoms with Gasteiger partial charge < -0.3 is 10.7 Å². The van der Waals surface area contributed by atoms with Crippen molar-refractivity contribution in [1.29, 1.82) is 0 Å². The zero-order valence-corrected chi connectivity index (χ0v) is 10.1. The summed E-state index contributed by atoms with van der Waals surface area (Å²) in [6.07, 6.45) is 0. The van der Waals surface area contributed by atoms with Gasteiger partial charge in [-0.05, 0) is 24.3 Å². The Morgan fingerprint density at radius 3 is 2.41 bits per heavy atom. The van der Waals surface area contributed by atoms with E-state index in [9.17, 15) is 0 Å². The van der Waals surface area contributed by atoms with E-state index in [0.717, 1.165) is 5.69 Å². The molecular weight excluding hydrogens is 261 g/mol. The van der Waals surface area contributed by atoms with Crippen LogP contribution in [0.5, 0.6) is 0 Å². The molecule has 0 aliphatic carbocycles. The van der Waals surface area contributed by atoms with Crippen LogP contribution in [0.3, 0.4) is 0 Å². The Morgan fingerprint density at radius 2 is 1.76 bits per heavy atom. The second-order valence-corrected chi connectivity index (χ2v) is 4.03. The van der Waals surface area contributed by atoms with E-state index in [0.29, 0.717) is 16.5 Å². The van der Waals surface area contributed by atoms with Gasteiger partial charge in [-0.25, -0.2) is 5.84 Å². The molecule has 5 nitrogen and oxygen atoms in total. The summed E-state index contributed by atoms with van der Waals surface area (Å²) in [5, 5.41) is 11.5. The second-order valence-electron chi connectivity index (χ2n) is 3.21. The fourth-order valence-electron chi connectivity index (χ4n) is 1.26. The average Bonchev–Trinajstić information content (AvgIpc) is 2.32. The Kier molecular flexibility index (Phi) is 3.63. The third kappa shape index (κ3) is 2.97. The van der Waals surface area contributed by atoms with E-state index < -0.39 is 0 Å². The van der Waals surface area contributed by atoms with E-state index in [4.69, 9.17) is 29.0 Å². The van der Waals surface area contributed by atoms with Gasteiger partial charge in [0.2, 0.25) is 0 Å². The maximum Gasteiger partial charge on any atom is 0.186 e. The highest BCUT2D eigenvalue weighted by molar-refractivity contribution is 6.30. The Labute approximate surface area is 108 Å². The van der Waals surface area contributed by atoms with Gasteiger partial charge in [-0.15, -0.1) is 10.2 Å². The van der Waals surface area contributed by atoms with E-state index in [1.165, 1.54) is 0 Å². The lowest BCUT2D eigenvalue weighted by Gasteiger charge is -2.10. The van der Waals surface area contributed by atoms with Crippen LogP contribution in [0.15, 0.2) is 30.3 Å². The summed E-state index contributed by atoms with van der Waals surface area (Å²) >= 11 is 11.6. The maximum absolute atomic E-state index is 5.79. The first-order valence-corrected chi connectivity index (χ1v) is 5.47. The van der Waals surface area contributed by atoms with Crippen molar-refractivity contribution in [2.75, 3.05) is 10.7 Å². The average molecular weight is 270 g/mol. The molecule has 0 fully saturated rings. The Balaban J connectivity index is 2.28. The summed E-state index contributed by atoms with van der Waals surface area (Å²) in [6, 6.07) is 8.83. The van der Waals surface area contributed by atoms with E-state index in [2.05, 4.69) is 20.9 Å². The molecule has 1 heterocycles. The van der Waals surface area contributed by atoms with Crippen LogP contribution >= 0.6 is 23.2 Å². The molecule has 0 aliphatic heterocycles. The molecule has 1 aromatic carbocycles. The molecule has 17 heavy (non-hydrogen) atoms. The van der Waals surface area contributed by atoms with Crippen LogP contribution in [0.2, 0.25) is 10.2 Å². The zero-order chi connectivity index (χ0) is 12.3. The monoisotopic (exact) mass is 269 g/mol. The summed E-state index contributed by atoms with van der Waals surface area (Å²) in [7, 11) is 0. The normalized spacial score (nSPS) is 10.1. The van der Waals surface area contributed by atoms with Crippen LogP contribution in [0.25, 0.3) is 0 Å². The minimum absolute atomic E-state index is 0.278. The highest BCUT2D eigenvalue weighted by Crippen LogP contribution is 2.25. The van der Waals surface area contributed by atoms with Crippen LogP contribution in [-0.2, 0) is 0 Å². The van der Waals surface area contributed by atoms with E-state index in [1.807, 2.05) is 12.1 Å². The van der Waals surface area contributed by atoms with Gasteiger partial charge in [0, 0.05) is 16.8 Å². The van der Waals surface area contributed by atoms with Crippen molar-refractivity contribution < 1.29 is 0 Å². The topological polar surface area (TPSA) is 75.9 Å². The predicted molar refractivity (Wildman–Crippen MR) is 69.6 cm³/mol. The van der Waals surface area contributed by atoms with Gasteiger partial charge in [0.1, 0.15) is 0 Å². The van der Waals surface area contributed by atoms with Crippen LogP contribution in [-0.4, -0.2) is 10.2 Å². The van der Waals surface area contributed by atoms with Crippen molar-refractivity contribution in [3.63, 3.8) is 0 Å². The van der Waals surface area contributed by atoms with Crippen LogP contribution in [0, 0.1) is 0 Å². The summed E-state index contributed by atoms with van der Waals surface area (Å²) in [6.45, 7) is 0. The van der Waals surface area contributed by atoms with Crippen molar-refractivity contribution in [3.8, 4) is 0 Å². The predicted octanol–water partition coefficient (Wildman–Crippen LogP) is 2.81. The Bertz CT molecular complexity index is 515. The molecule has 0 radical (unpaired) electrons. The molecule has 0 bridgehead atoms. The lowest BCUT2D eigenvalue weighted by atomic mass is 10.3.